The Bertz CT molecular complexity index is 465. The zero-order valence-corrected chi connectivity index (χ0v) is 9.47. The van der Waals surface area contributed by atoms with Gasteiger partial charge >= 0.3 is 0 Å². The van der Waals surface area contributed by atoms with E-state index in [0.717, 1.165) is 23.7 Å². The van der Waals surface area contributed by atoms with Crippen molar-refractivity contribution in [2.24, 2.45) is 7.05 Å². The van der Waals surface area contributed by atoms with Gasteiger partial charge in [0, 0.05) is 25.0 Å². The molecule has 0 saturated carbocycles. The number of methoxy groups -OCH3 is 1. The quantitative estimate of drug-likeness (QED) is 0.851. The molecule has 1 heterocycles. The maximum atomic E-state index is 5.16. The predicted octanol–water partition coefficient (Wildman–Crippen LogP) is 2.04. The third kappa shape index (κ3) is 2.34. The molecule has 84 valence electrons. The number of aromatic nitrogens is 2. The Morgan fingerprint density at radius 3 is 3.00 bits per heavy atom. The first-order valence-corrected chi connectivity index (χ1v) is 5.12. The minimum atomic E-state index is 0.754. The van der Waals surface area contributed by atoms with Gasteiger partial charge in [-0.3, -0.25) is 0 Å². The largest absolute Gasteiger partial charge is 0.497 e. The Kier molecular flexibility index (Phi) is 3.10. The van der Waals surface area contributed by atoms with E-state index in [1.165, 1.54) is 0 Å². The number of nitrogens with one attached hydrogen (secondary N) is 1. The highest BCUT2D eigenvalue weighted by Gasteiger charge is 1.99. The number of imidazole rings is 1. The second-order valence-electron chi connectivity index (χ2n) is 3.58. The molecule has 1 aromatic heterocycles. The average molecular weight is 217 g/mol. The normalized spacial score (nSPS) is 10.1. The fourth-order valence-corrected chi connectivity index (χ4v) is 1.48. The molecule has 0 amide bonds. The first-order chi connectivity index (χ1) is 7.79. The average Bonchev–Trinajstić information content (AvgIpc) is 2.72. The zero-order chi connectivity index (χ0) is 11.4. The number of hydrogen-bond acceptors (Lipinski definition) is 3. The molecule has 0 saturated heterocycles. The minimum absolute atomic E-state index is 0.754. The van der Waals surface area contributed by atoms with Crippen molar-refractivity contribution >= 4 is 5.69 Å². The van der Waals surface area contributed by atoms with E-state index in [-0.39, 0.29) is 0 Å². The highest BCUT2D eigenvalue weighted by Crippen LogP contribution is 2.17. The van der Waals surface area contributed by atoms with Gasteiger partial charge in [0.1, 0.15) is 5.75 Å². The lowest BCUT2D eigenvalue weighted by Gasteiger charge is -2.08. The maximum absolute atomic E-state index is 5.16. The van der Waals surface area contributed by atoms with Gasteiger partial charge in [-0.1, -0.05) is 6.07 Å². The molecule has 2 rings (SSSR count). The summed E-state index contributed by atoms with van der Waals surface area (Å²) >= 11 is 0. The lowest BCUT2D eigenvalue weighted by atomic mass is 10.3. The van der Waals surface area contributed by atoms with E-state index >= 15 is 0 Å². The van der Waals surface area contributed by atoms with Gasteiger partial charge in [-0.05, 0) is 12.1 Å². The molecule has 2 aromatic rings. The van der Waals surface area contributed by atoms with Gasteiger partial charge in [-0.15, -0.1) is 0 Å². The third-order valence-corrected chi connectivity index (χ3v) is 2.46. The monoisotopic (exact) mass is 217 g/mol. The first-order valence-electron chi connectivity index (χ1n) is 5.12. The van der Waals surface area contributed by atoms with Crippen molar-refractivity contribution in [2.75, 3.05) is 12.4 Å². The molecule has 0 aliphatic carbocycles. The van der Waals surface area contributed by atoms with Crippen molar-refractivity contribution in [3.63, 3.8) is 0 Å². The van der Waals surface area contributed by atoms with Crippen molar-refractivity contribution < 1.29 is 4.74 Å². The minimum Gasteiger partial charge on any atom is -0.497 e. The SMILES string of the molecule is COc1cccc(NCc2cncn2C)c1. The molecule has 1 N–H and O–H groups in total. The van der Waals surface area contributed by atoms with Crippen LogP contribution in [0.5, 0.6) is 5.75 Å². The lowest BCUT2D eigenvalue weighted by molar-refractivity contribution is 0.415. The molecule has 4 nitrogen and oxygen atoms in total. The summed E-state index contributed by atoms with van der Waals surface area (Å²) < 4.78 is 7.15. The highest BCUT2D eigenvalue weighted by atomic mass is 16.5. The van der Waals surface area contributed by atoms with Crippen LogP contribution in [0.25, 0.3) is 0 Å². The van der Waals surface area contributed by atoms with E-state index in [1.807, 2.05) is 42.1 Å². The third-order valence-electron chi connectivity index (χ3n) is 2.46. The van der Waals surface area contributed by atoms with E-state index in [1.54, 1.807) is 13.4 Å². The number of nitrogens with zero attached hydrogens (tertiary/aromatic N) is 2. The smallest absolute Gasteiger partial charge is 0.120 e. The van der Waals surface area contributed by atoms with Gasteiger partial charge in [0.25, 0.3) is 0 Å². The summed E-state index contributed by atoms with van der Waals surface area (Å²) in [5.74, 6) is 0.856. The van der Waals surface area contributed by atoms with Crippen LogP contribution in [-0.2, 0) is 13.6 Å². The van der Waals surface area contributed by atoms with Crippen LogP contribution in [0.1, 0.15) is 5.69 Å². The van der Waals surface area contributed by atoms with E-state index in [0.29, 0.717) is 0 Å². The van der Waals surface area contributed by atoms with Crippen LogP contribution >= 0.6 is 0 Å². The molecule has 0 unspecified atom stereocenters. The van der Waals surface area contributed by atoms with Crippen LogP contribution in [-0.4, -0.2) is 16.7 Å². The predicted molar refractivity (Wildman–Crippen MR) is 63.5 cm³/mol. The molecule has 0 bridgehead atoms. The lowest BCUT2D eigenvalue weighted by Crippen LogP contribution is -2.03. The van der Waals surface area contributed by atoms with Gasteiger partial charge in [0.15, 0.2) is 0 Å². The fourth-order valence-electron chi connectivity index (χ4n) is 1.48. The molecule has 0 spiro atoms. The number of benzene rings is 1. The van der Waals surface area contributed by atoms with E-state index in [4.69, 9.17) is 4.74 Å². The fraction of sp³-hybridized carbons (Fsp3) is 0.250. The molecule has 0 fully saturated rings. The van der Waals surface area contributed by atoms with Crippen molar-refractivity contribution in [2.45, 2.75) is 6.54 Å². The van der Waals surface area contributed by atoms with Crippen molar-refractivity contribution in [3.05, 3.63) is 42.5 Å². The van der Waals surface area contributed by atoms with Gasteiger partial charge < -0.3 is 14.6 Å². The molecule has 0 radical (unpaired) electrons. The van der Waals surface area contributed by atoms with E-state index < -0.39 is 0 Å². The van der Waals surface area contributed by atoms with Crippen LogP contribution < -0.4 is 10.1 Å². The van der Waals surface area contributed by atoms with Crippen LogP contribution in [0, 0.1) is 0 Å². The van der Waals surface area contributed by atoms with Crippen molar-refractivity contribution in [1.29, 1.82) is 0 Å². The number of anilines is 1. The Balaban J connectivity index is 2.02. The summed E-state index contributed by atoms with van der Waals surface area (Å²) in [6.07, 6.45) is 3.65. The zero-order valence-electron chi connectivity index (χ0n) is 9.47. The Labute approximate surface area is 94.9 Å². The second kappa shape index (κ2) is 4.70. The van der Waals surface area contributed by atoms with Crippen LogP contribution in [0.4, 0.5) is 5.69 Å². The van der Waals surface area contributed by atoms with Gasteiger partial charge in [0.05, 0.1) is 25.7 Å². The number of rotatable bonds is 4. The number of hydrogen-bond donors (Lipinski definition) is 1. The standard InChI is InChI=1S/C12H15N3O/c1-15-9-13-7-11(15)8-14-10-4-3-5-12(6-10)16-2/h3-7,9,14H,8H2,1-2H3. The molecular weight excluding hydrogens is 202 g/mol. The van der Waals surface area contributed by atoms with Crippen molar-refractivity contribution in [3.8, 4) is 5.75 Å². The van der Waals surface area contributed by atoms with Crippen LogP contribution in [0.2, 0.25) is 0 Å². The summed E-state index contributed by atoms with van der Waals surface area (Å²) in [5, 5.41) is 3.32. The van der Waals surface area contributed by atoms with Crippen molar-refractivity contribution in [1.82, 2.24) is 9.55 Å². The van der Waals surface area contributed by atoms with E-state index in [2.05, 4.69) is 10.3 Å². The van der Waals surface area contributed by atoms with Gasteiger partial charge in [-0.25, -0.2) is 4.98 Å². The summed E-state index contributed by atoms with van der Waals surface area (Å²) in [5.41, 5.74) is 2.18. The molecule has 4 heteroatoms. The number of aryl methyl sites for hydroxylation is 1. The second-order valence-corrected chi connectivity index (χ2v) is 3.58. The van der Waals surface area contributed by atoms with Gasteiger partial charge in [0.2, 0.25) is 0 Å². The molecular formula is C12H15N3O. The summed E-state index contributed by atoms with van der Waals surface area (Å²) in [6.45, 7) is 0.754. The molecule has 16 heavy (non-hydrogen) atoms. The number of ether oxygens (including phenoxy) is 1. The summed E-state index contributed by atoms with van der Waals surface area (Å²) in [7, 11) is 3.65. The Hall–Kier alpha value is -1.97. The Morgan fingerprint density at radius 2 is 2.31 bits per heavy atom. The molecule has 0 atom stereocenters. The molecule has 1 aromatic carbocycles. The molecule has 0 aliphatic heterocycles. The maximum Gasteiger partial charge on any atom is 0.120 e. The highest BCUT2D eigenvalue weighted by molar-refractivity contribution is 5.48. The van der Waals surface area contributed by atoms with E-state index in [9.17, 15) is 0 Å². The first kappa shape index (κ1) is 10.5. The van der Waals surface area contributed by atoms with Gasteiger partial charge in [-0.2, -0.15) is 0 Å². The Morgan fingerprint density at radius 1 is 1.44 bits per heavy atom. The summed E-state index contributed by atoms with van der Waals surface area (Å²) in [6, 6.07) is 7.87. The van der Waals surface area contributed by atoms with Crippen LogP contribution in [0.3, 0.4) is 0 Å². The molecule has 0 aliphatic rings. The topological polar surface area (TPSA) is 39.1 Å². The van der Waals surface area contributed by atoms with Crippen LogP contribution in [0.15, 0.2) is 36.8 Å². The summed E-state index contributed by atoms with van der Waals surface area (Å²) in [4.78, 5) is 4.07.